The van der Waals surface area contributed by atoms with Crippen molar-refractivity contribution in [3.05, 3.63) is 41.1 Å². The van der Waals surface area contributed by atoms with Gasteiger partial charge in [0.2, 0.25) is 0 Å². The molecule has 2 rings (SSSR count). The van der Waals surface area contributed by atoms with Crippen LogP contribution in [0, 0.1) is 0 Å². The average molecular weight is 586 g/mol. The minimum absolute atomic E-state index is 0.290. The molecular formula is C25H40IN4O2P. The Morgan fingerprint density at radius 3 is 2.15 bits per heavy atom. The summed E-state index contributed by atoms with van der Waals surface area (Å²) in [4.78, 5) is 16.1. The van der Waals surface area contributed by atoms with Gasteiger partial charge in [0.1, 0.15) is 5.60 Å². The highest BCUT2D eigenvalue weighted by atomic mass is 127. The number of halogens is 1. The van der Waals surface area contributed by atoms with Gasteiger partial charge in [-0.15, -0.1) is 0 Å². The number of amides is 1. The Labute approximate surface area is 214 Å². The van der Waals surface area contributed by atoms with Crippen LogP contribution in [0.4, 0.5) is 4.79 Å². The fraction of sp³-hybridized carbons (Fsp3) is 0.600. The molecule has 1 aromatic heterocycles. The Kier molecular flexibility index (Phi) is 10.2. The fourth-order valence-corrected chi connectivity index (χ4v) is 4.50. The number of hydrogen-bond donors (Lipinski definition) is 0. The number of ether oxygens (including phenoxy) is 1. The lowest BCUT2D eigenvalue weighted by atomic mass is 9.91. The lowest BCUT2D eigenvalue weighted by molar-refractivity contribution is 0.0286. The molecule has 6 nitrogen and oxygen atoms in total. The molecule has 0 bridgehead atoms. The molecule has 2 aromatic rings. The molecule has 1 atom stereocenters. The lowest BCUT2D eigenvalue weighted by Crippen LogP contribution is -2.38. The largest absolute Gasteiger partial charge is 0.444 e. The highest BCUT2D eigenvalue weighted by Gasteiger charge is 2.20. The van der Waals surface area contributed by atoms with E-state index in [1.807, 2.05) is 25.2 Å². The van der Waals surface area contributed by atoms with Gasteiger partial charge in [0.25, 0.3) is 0 Å². The normalized spacial score (nSPS) is 12.5. The van der Waals surface area contributed by atoms with Crippen LogP contribution >= 0.6 is 28.4 Å². The van der Waals surface area contributed by atoms with E-state index in [1.54, 1.807) is 11.9 Å². The van der Waals surface area contributed by atoms with E-state index in [2.05, 4.69) is 86.1 Å². The zero-order valence-corrected chi connectivity index (χ0v) is 24.7. The molecule has 0 aliphatic rings. The van der Waals surface area contributed by atoms with Crippen LogP contribution in [-0.2, 0) is 11.3 Å². The third-order valence-electron chi connectivity index (χ3n) is 5.42. The summed E-state index contributed by atoms with van der Waals surface area (Å²) >= 11 is 2.37. The first-order chi connectivity index (χ1) is 15.3. The summed E-state index contributed by atoms with van der Waals surface area (Å²) in [5.41, 5.74) is 5.66. The van der Waals surface area contributed by atoms with Crippen LogP contribution in [-0.4, -0.2) is 58.2 Å². The van der Waals surface area contributed by atoms with Gasteiger partial charge >= 0.3 is 6.09 Å². The number of aromatic nitrogens is 2. The van der Waals surface area contributed by atoms with Crippen molar-refractivity contribution in [1.82, 2.24) is 19.4 Å². The molecule has 1 unspecified atom stereocenters. The number of nitrogens with zero attached hydrogens (tertiary/aromatic N) is 4. The second-order valence-corrected chi connectivity index (χ2v) is 12.4. The van der Waals surface area contributed by atoms with Gasteiger partial charge in [-0.1, -0.05) is 33.8 Å². The van der Waals surface area contributed by atoms with E-state index in [0.29, 0.717) is 24.8 Å². The van der Waals surface area contributed by atoms with Crippen molar-refractivity contribution in [2.24, 2.45) is 0 Å². The second kappa shape index (κ2) is 12.0. The molecule has 1 heterocycles. The van der Waals surface area contributed by atoms with Crippen molar-refractivity contribution in [1.29, 1.82) is 0 Å². The topological polar surface area (TPSA) is 50.6 Å². The van der Waals surface area contributed by atoms with Crippen molar-refractivity contribution in [2.45, 2.75) is 72.4 Å². The monoisotopic (exact) mass is 586 g/mol. The van der Waals surface area contributed by atoms with Gasteiger partial charge in [-0.2, -0.15) is 5.10 Å². The quantitative estimate of drug-likeness (QED) is 0.237. The van der Waals surface area contributed by atoms with E-state index in [4.69, 9.17) is 9.84 Å². The van der Waals surface area contributed by atoms with Gasteiger partial charge in [-0.3, -0.25) is 0 Å². The number of benzene rings is 1. The zero-order chi connectivity index (χ0) is 24.9. The van der Waals surface area contributed by atoms with Gasteiger partial charge in [0.05, 0.1) is 12.1 Å². The first-order valence-corrected chi connectivity index (χ1v) is 15.6. The predicted molar refractivity (Wildman–Crippen MR) is 149 cm³/mol. The smallest absolute Gasteiger partial charge is 0.410 e. The van der Waals surface area contributed by atoms with E-state index in [1.165, 1.54) is 22.3 Å². The summed E-state index contributed by atoms with van der Waals surface area (Å²) in [6, 6.07) is 6.91. The minimum Gasteiger partial charge on any atom is -0.444 e. The molecule has 0 saturated carbocycles. The Bertz CT molecular complexity index is 911. The maximum Gasteiger partial charge on any atom is 0.410 e. The van der Waals surface area contributed by atoms with Crippen LogP contribution in [0.25, 0.3) is 11.3 Å². The van der Waals surface area contributed by atoms with Gasteiger partial charge in [-0.05, 0) is 85.0 Å². The van der Waals surface area contributed by atoms with Gasteiger partial charge in [-0.25, -0.2) is 9.25 Å². The van der Waals surface area contributed by atoms with E-state index in [-0.39, 0.29) is 6.09 Å². The maximum atomic E-state index is 12.3. The standard InChI is InChI=1S/C25H40IN4O2P/c1-17(2)19-12-20(18(3)4)14-21(13-19)23-22(16-30(27-23)33-26)15-28(8)10-11-29(9)24(31)32-25(5,6)7/h12-14,16-18,33H,10-11,15H2,1-9H3. The van der Waals surface area contributed by atoms with E-state index < -0.39 is 5.60 Å². The van der Waals surface area contributed by atoms with E-state index in [0.717, 1.165) is 18.8 Å². The van der Waals surface area contributed by atoms with Crippen molar-refractivity contribution in [3.63, 3.8) is 0 Å². The lowest BCUT2D eigenvalue weighted by Gasteiger charge is -2.26. The van der Waals surface area contributed by atoms with Crippen LogP contribution in [0.15, 0.2) is 24.4 Å². The SMILES string of the molecule is CC(C)c1cc(-c2nn(PI)cc2CN(C)CCN(C)C(=O)OC(C)(C)C)cc(C(C)C)c1. The number of carbonyl (C=O) groups excluding carboxylic acids is 1. The van der Waals surface area contributed by atoms with Crippen LogP contribution < -0.4 is 0 Å². The summed E-state index contributed by atoms with van der Waals surface area (Å²) in [6.07, 6.45) is 2.42. The number of carbonyl (C=O) groups is 1. The second-order valence-electron chi connectivity index (χ2n) is 10.4. The molecule has 1 aromatic carbocycles. The molecule has 0 aliphatic heterocycles. The average Bonchev–Trinajstić information content (AvgIpc) is 3.13. The molecule has 33 heavy (non-hydrogen) atoms. The van der Waals surface area contributed by atoms with Gasteiger partial charge < -0.3 is 14.5 Å². The predicted octanol–water partition coefficient (Wildman–Crippen LogP) is 6.89. The molecule has 1 amide bonds. The molecule has 0 aliphatic carbocycles. The summed E-state index contributed by atoms with van der Waals surface area (Å²) in [6.45, 7) is 16.7. The van der Waals surface area contributed by atoms with Crippen LogP contribution in [0.2, 0.25) is 0 Å². The molecule has 184 valence electrons. The van der Waals surface area contributed by atoms with Crippen molar-refractivity contribution >= 4 is 34.5 Å². The zero-order valence-electron chi connectivity index (χ0n) is 21.6. The molecular weight excluding hydrogens is 546 g/mol. The van der Waals surface area contributed by atoms with Crippen LogP contribution in [0.1, 0.15) is 77.0 Å². The molecule has 8 heteroatoms. The van der Waals surface area contributed by atoms with Crippen molar-refractivity contribution < 1.29 is 9.53 Å². The molecule has 0 spiro atoms. The summed E-state index contributed by atoms with van der Waals surface area (Å²) < 4.78 is 7.49. The van der Waals surface area contributed by atoms with Crippen LogP contribution in [0.3, 0.4) is 0 Å². The summed E-state index contributed by atoms with van der Waals surface area (Å²) in [7, 11) is 3.87. The van der Waals surface area contributed by atoms with Crippen LogP contribution in [0.5, 0.6) is 0 Å². The number of hydrogen-bond acceptors (Lipinski definition) is 4. The molecule has 0 radical (unpaired) electrons. The van der Waals surface area contributed by atoms with Crippen molar-refractivity contribution in [3.8, 4) is 11.3 Å². The number of likely N-dealkylation sites (N-methyl/N-ethyl adjacent to an activating group) is 2. The number of rotatable bonds is 9. The first kappa shape index (κ1) is 28.1. The Morgan fingerprint density at radius 1 is 1.09 bits per heavy atom. The molecule has 0 N–H and O–H groups in total. The Morgan fingerprint density at radius 2 is 1.67 bits per heavy atom. The Hall–Kier alpha value is -1.18. The van der Waals surface area contributed by atoms with E-state index in [9.17, 15) is 4.79 Å². The summed E-state index contributed by atoms with van der Waals surface area (Å²) in [5.74, 6) is 0.927. The third kappa shape index (κ3) is 8.52. The fourth-order valence-electron chi connectivity index (χ4n) is 3.41. The highest BCUT2D eigenvalue weighted by Crippen LogP contribution is 2.33. The maximum absolute atomic E-state index is 12.3. The van der Waals surface area contributed by atoms with E-state index >= 15 is 0 Å². The molecule has 0 fully saturated rings. The Balaban J connectivity index is 2.21. The summed E-state index contributed by atoms with van der Waals surface area (Å²) in [5, 5.41) is 4.93. The van der Waals surface area contributed by atoms with Crippen molar-refractivity contribution in [2.75, 3.05) is 27.2 Å². The first-order valence-electron chi connectivity index (χ1n) is 11.5. The minimum atomic E-state index is -0.486. The highest BCUT2D eigenvalue weighted by molar-refractivity contribution is 14.2. The molecule has 0 saturated heterocycles. The van der Waals surface area contributed by atoms with Gasteiger partial charge in [0, 0.05) is 44.0 Å². The van der Waals surface area contributed by atoms with Gasteiger partial charge in [0.15, 0.2) is 0 Å². The third-order valence-corrected chi connectivity index (χ3v) is 7.31.